The minimum absolute atomic E-state index is 0.240. The minimum Gasteiger partial charge on any atom is -0.494 e. The summed E-state index contributed by atoms with van der Waals surface area (Å²) in [5.41, 5.74) is 6.23. The number of aryl methyl sites for hydroxylation is 1. The Hall–Kier alpha value is -5.22. The molecule has 1 unspecified atom stereocenters. The summed E-state index contributed by atoms with van der Waals surface area (Å²) in [6.45, 7) is 12.3. The number of hydrogen-bond acceptors (Lipinski definition) is 14. The van der Waals surface area contributed by atoms with E-state index in [1.165, 1.54) is 11.3 Å². The predicted octanol–water partition coefficient (Wildman–Crippen LogP) is 6.67. The lowest BCUT2D eigenvalue weighted by Gasteiger charge is -2.43. The minimum atomic E-state index is -2.78. The van der Waals surface area contributed by atoms with Crippen LogP contribution in [0.4, 0.5) is 38.9 Å². The first-order valence-electron chi connectivity index (χ1n) is 21.5. The van der Waals surface area contributed by atoms with Gasteiger partial charge in [0.2, 0.25) is 17.8 Å². The molecule has 8 rings (SSSR count). The van der Waals surface area contributed by atoms with Crippen molar-refractivity contribution in [3.05, 3.63) is 82.5 Å². The molecule has 0 radical (unpaired) electrons. The number of carbonyl (C=O) groups is 2. The first kappa shape index (κ1) is 44.4. The molecule has 0 bridgehead atoms. The number of imide groups is 1. The molecule has 3 fully saturated rings. The highest BCUT2D eigenvalue weighted by molar-refractivity contribution is 9.10. The Bertz CT molecular complexity index is 2550. The maximum Gasteiger partial charge on any atom is 0.249 e. The number of piperidine rings is 2. The van der Waals surface area contributed by atoms with Crippen molar-refractivity contribution >= 4 is 85.7 Å². The molecule has 332 valence electrons. The summed E-state index contributed by atoms with van der Waals surface area (Å²) in [6, 6.07) is 13.0. The van der Waals surface area contributed by atoms with Gasteiger partial charge in [-0.15, -0.1) is 0 Å². The smallest absolute Gasteiger partial charge is 0.249 e. The van der Waals surface area contributed by atoms with Crippen LogP contribution in [0.15, 0.2) is 65.5 Å². The predicted molar refractivity (Wildman–Crippen MR) is 250 cm³/mol. The zero-order valence-corrected chi connectivity index (χ0v) is 38.6. The molecule has 1 atom stereocenters. The second-order valence-corrected chi connectivity index (χ2v) is 20.7. The summed E-state index contributed by atoms with van der Waals surface area (Å²) in [4.78, 5) is 49.4. The largest absolute Gasteiger partial charge is 0.494 e. The zero-order valence-electron chi connectivity index (χ0n) is 36.1. The summed E-state index contributed by atoms with van der Waals surface area (Å²) in [5, 5.41) is 12.6. The third-order valence-corrected chi connectivity index (χ3v) is 14.3. The molecule has 2 amide bonds. The van der Waals surface area contributed by atoms with E-state index >= 15 is 0 Å². The van der Waals surface area contributed by atoms with E-state index in [1.807, 2.05) is 18.2 Å². The number of piperazine rings is 1. The maximum atomic E-state index is 15.0. The molecule has 5 heterocycles. The van der Waals surface area contributed by atoms with Gasteiger partial charge in [0.05, 0.1) is 39.5 Å². The number of aromatic nitrogens is 4. The normalized spacial score (nSPS) is 18.1. The Morgan fingerprint density at radius 3 is 2.40 bits per heavy atom. The fraction of sp³-hybridized carbons (Fsp3) is 0.422. The van der Waals surface area contributed by atoms with Crippen LogP contribution >= 0.6 is 23.1 Å². The van der Waals surface area contributed by atoms with E-state index in [2.05, 4.69) is 85.9 Å². The highest BCUT2D eigenvalue weighted by Crippen LogP contribution is 2.42. The van der Waals surface area contributed by atoms with Crippen molar-refractivity contribution < 1.29 is 23.3 Å². The number of nitrogens with zero attached hydrogens (tertiary/aromatic N) is 7. The monoisotopic (exact) mass is 941 g/mol. The average molecular weight is 943 g/mol. The number of nitrogens with one attached hydrogen (secondary N) is 4. The third kappa shape index (κ3) is 10.3. The van der Waals surface area contributed by atoms with Gasteiger partial charge in [-0.3, -0.25) is 29.8 Å². The lowest BCUT2D eigenvalue weighted by Crippen LogP contribution is -2.53. The second kappa shape index (κ2) is 19.3. The van der Waals surface area contributed by atoms with Gasteiger partial charge in [-0.2, -0.15) is 4.98 Å². The van der Waals surface area contributed by atoms with Gasteiger partial charge in [-0.05, 0) is 103 Å². The van der Waals surface area contributed by atoms with Crippen molar-refractivity contribution in [3.63, 3.8) is 0 Å². The van der Waals surface area contributed by atoms with E-state index in [4.69, 9.17) is 9.72 Å². The molecule has 3 aromatic carbocycles. The molecule has 0 spiro atoms. The van der Waals surface area contributed by atoms with Crippen LogP contribution in [0.5, 0.6) is 5.75 Å². The van der Waals surface area contributed by atoms with Gasteiger partial charge in [0, 0.05) is 88.6 Å². The third-order valence-electron chi connectivity index (χ3n) is 12.2. The lowest BCUT2D eigenvalue weighted by molar-refractivity contribution is -0.133. The number of amides is 2. The van der Waals surface area contributed by atoms with Crippen molar-refractivity contribution in [2.75, 3.05) is 87.1 Å². The lowest BCUT2D eigenvalue weighted by atomic mass is 9.99. The Kier molecular flexibility index (Phi) is 13.6. The van der Waals surface area contributed by atoms with Crippen molar-refractivity contribution in [1.29, 1.82) is 0 Å². The van der Waals surface area contributed by atoms with Crippen LogP contribution in [0, 0.1) is 5.82 Å². The van der Waals surface area contributed by atoms with Crippen LogP contribution in [0.3, 0.4) is 0 Å². The van der Waals surface area contributed by atoms with E-state index < -0.39 is 19.1 Å². The summed E-state index contributed by atoms with van der Waals surface area (Å²) in [6.07, 6.45) is 9.22. The quantitative estimate of drug-likeness (QED) is 0.0688. The number of ether oxygens (including phenoxy) is 1. The molecule has 4 N–H and O–H groups in total. The molecule has 3 aliphatic heterocycles. The zero-order chi connectivity index (χ0) is 44.3. The molecule has 15 nitrogen and oxygen atoms in total. The highest BCUT2D eigenvalue weighted by atomic mass is 79.9. The van der Waals surface area contributed by atoms with Gasteiger partial charge >= 0.3 is 0 Å². The standard InChI is InChI=1S/C45H54BrFN11O4P/c1-5-29-25-37(53-45-50-27-31(46)43(55-45)52-35-9-8-34-41(49-16-15-48-34)42(35)63(3,4)61)39(62-2)26-38(29)58-18-13-30(14-19-58)57-22-20-56(21-23-57)17-12-28-6-7-33(32(47)24-28)51-36-10-11-40(59)54-44(36)60/h6-9,15-16,24-27,30,36,51H,5,10-14,17-23H2,1-4H3,(H,54,59,60)(H2,50,52,53,55). The molecule has 2 aromatic heterocycles. The number of rotatable bonds is 14. The number of halogens is 2. The molecule has 3 saturated heterocycles. The van der Waals surface area contributed by atoms with E-state index in [9.17, 15) is 18.5 Å². The van der Waals surface area contributed by atoms with E-state index in [-0.39, 0.29) is 23.8 Å². The van der Waals surface area contributed by atoms with Gasteiger partial charge in [0.25, 0.3) is 0 Å². The fourth-order valence-corrected chi connectivity index (χ4v) is 10.5. The van der Waals surface area contributed by atoms with Gasteiger partial charge in [0.15, 0.2) is 0 Å². The summed E-state index contributed by atoms with van der Waals surface area (Å²) >= 11 is 3.59. The van der Waals surface area contributed by atoms with Crippen LogP contribution in [0.1, 0.15) is 43.7 Å². The topological polar surface area (TPSA) is 170 Å². The summed E-state index contributed by atoms with van der Waals surface area (Å²) < 4.78 is 35.1. The second-order valence-electron chi connectivity index (χ2n) is 16.7. The molecule has 0 saturated carbocycles. The number of methoxy groups -OCH3 is 1. The maximum absolute atomic E-state index is 15.0. The summed E-state index contributed by atoms with van der Waals surface area (Å²) in [7, 11) is -1.10. The Labute approximate surface area is 375 Å². The van der Waals surface area contributed by atoms with Crippen LogP contribution in [0.25, 0.3) is 11.0 Å². The summed E-state index contributed by atoms with van der Waals surface area (Å²) in [5.74, 6) is 0.469. The van der Waals surface area contributed by atoms with Crippen molar-refractivity contribution in [3.8, 4) is 5.75 Å². The molecule has 0 aliphatic carbocycles. The number of benzene rings is 3. The van der Waals surface area contributed by atoms with Gasteiger partial charge in [-0.25, -0.2) is 9.37 Å². The molecular formula is C45H54BrFN11O4P. The van der Waals surface area contributed by atoms with E-state index in [0.717, 1.165) is 82.7 Å². The van der Waals surface area contributed by atoms with Gasteiger partial charge in [-0.1, -0.05) is 13.0 Å². The number of fused-ring (bicyclic) bond motifs is 1. The SMILES string of the molecule is CCc1cc(Nc2ncc(Br)c(Nc3ccc4nccnc4c3P(C)(C)=O)n2)c(OC)cc1N1CCC(N2CCN(CCc3ccc(NC4CCC(=O)NC4=O)c(F)c3)CC2)CC1. The van der Waals surface area contributed by atoms with Crippen LogP contribution in [0.2, 0.25) is 0 Å². The highest BCUT2D eigenvalue weighted by Gasteiger charge is 2.30. The van der Waals surface area contributed by atoms with Crippen LogP contribution in [-0.4, -0.2) is 120 Å². The molecule has 63 heavy (non-hydrogen) atoms. The van der Waals surface area contributed by atoms with E-state index in [1.54, 1.807) is 51.2 Å². The molecule has 5 aromatic rings. The fourth-order valence-electron chi connectivity index (χ4n) is 8.85. The molecule has 18 heteroatoms. The van der Waals surface area contributed by atoms with E-state index in [0.29, 0.717) is 56.5 Å². The average Bonchev–Trinajstić information content (AvgIpc) is 3.28. The van der Waals surface area contributed by atoms with Crippen molar-refractivity contribution in [1.82, 2.24) is 35.1 Å². The van der Waals surface area contributed by atoms with Crippen molar-refractivity contribution in [2.24, 2.45) is 0 Å². The Morgan fingerprint density at radius 1 is 0.921 bits per heavy atom. The number of carbonyl (C=O) groups excluding carboxylic acids is 2. The van der Waals surface area contributed by atoms with Gasteiger partial charge < -0.3 is 35.1 Å². The van der Waals surface area contributed by atoms with Crippen LogP contribution in [-0.2, 0) is 27.0 Å². The first-order chi connectivity index (χ1) is 30.4. The number of anilines is 6. The van der Waals surface area contributed by atoms with Crippen LogP contribution < -0.4 is 36.2 Å². The van der Waals surface area contributed by atoms with Crippen molar-refractivity contribution in [2.45, 2.75) is 57.5 Å². The Morgan fingerprint density at radius 2 is 1.68 bits per heavy atom. The number of hydrogen-bond donors (Lipinski definition) is 4. The Balaban J connectivity index is 0.852. The molecule has 3 aliphatic rings. The van der Waals surface area contributed by atoms with Gasteiger partial charge in [0.1, 0.15) is 36.1 Å². The first-order valence-corrected chi connectivity index (χ1v) is 24.9. The molecular weight excluding hydrogens is 888 g/mol.